The van der Waals surface area contributed by atoms with Gasteiger partial charge in [-0.25, -0.2) is 9.50 Å². The molecular weight excluding hydrogens is 420 g/mol. The van der Waals surface area contributed by atoms with Gasteiger partial charge in [-0.2, -0.15) is 5.10 Å². The van der Waals surface area contributed by atoms with Crippen LogP contribution < -0.4 is 11.1 Å². The molecule has 4 aromatic rings. The Balaban J connectivity index is 1.41. The summed E-state index contributed by atoms with van der Waals surface area (Å²) in [6, 6.07) is 10.4. The van der Waals surface area contributed by atoms with Crippen LogP contribution in [0.3, 0.4) is 0 Å². The molecule has 0 aliphatic carbocycles. The van der Waals surface area contributed by atoms with E-state index in [4.69, 9.17) is 5.73 Å². The minimum atomic E-state index is 0.375. The van der Waals surface area contributed by atoms with Gasteiger partial charge in [0.1, 0.15) is 21.9 Å². The molecule has 4 heterocycles. The molecule has 1 saturated heterocycles. The lowest BCUT2D eigenvalue weighted by Crippen LogP contribution is -2.22. The lowest BCUT2D eigenvalue weighted by molar-refractivity contribution is 0.319. The highest BCUT2D eigenvalue weighted by Gasteiger charge is 2.22. The summed E-state index contributed by atoms with van der Waals surface area (Å²) in [5.41, 5.74) is 10.1. The lowest BCUT2D eigenvalue weighted by Gasteiger charge is -2.16. The maximum Gasteiger partial charge on any atom is 0.158 e. The quantitative estimate of drug-likeness (QED) is 0.442. The first kappa shape index (κ1) is 21.0. The van der Waals surface area contributed by atoms with E-state index < -0.39 is 0 Å². The van der Waals surface area contributed by atoms with Crippen LogP contribution in [-0.2, 0) is 6.54 Å². The van der Waals surface area contributed by atoms with Crippen molar-refractivity contribution in [2.75, 3.05) is 25.0 Å². The molecule has 1 unspecified atom stereocenters. The molecule has 166 valence electrons. The van der Waals surface area contributed by atoms with Crippen LogP contribution in [-0.4, -0.2) is 49.3 Å². The number of benzene rings is 1. The van der Waals surface area contributed by atoms with Gasteiger partial charge in [-0.3, -0.25) is 4.90 Å². The van der Waals surface area contributed by atoms with E-state index >= 15 is 0 Å². The van der Waals surface area contributed by atoms with Gasteiger partial charge in [0.2, 0.25) is 0 Å². The SMILES string of the molecule is CC(C)c1nnc(-c2cccc(Nc3ncnn4ccc(CN5CCC(CN)C5)c34)c2)s1. The van der Waals surface area contributed by atoms with E-state index in [1.807, 2.05) is 22.8 Å². The highest BCUT2D eigenvalue weighted by molar-refractivity contribution is 7.14. The zero-order chi connectivity index (χ0) is 22.1. The lowest BCUT2D eigenvalue weighted by atomic mass is 10.1. The predicted molar refractivity (Wildman–Crippen MR) is 128 cm³/mol. The van der Waals surface area contributed by atoms with Crippen LogP contribution in [0.25, 0.3) is 16.1 Å². The monoisotopic (exact) mass is 448 g/mol. The summed E-state index contributed by atoms with van der Waals surface area (Å²) in [5, 5.41) is 18.6. The number of nitrogens with two attached hydrogens (primary N) is 1. The molecule has 1 aromatic carbocycles. The molecule has 1 fully saturated rings. The minimum Gasteiger partial charge on any atom is -0.338 e. The minimum absolute atomic E-state index is 0.375. The second-order valence-corrected chi connectivity index (χ2v) is 9.68. The van der Waals surface area contributed by atoms with Crippen molar-refractivity contribution >= 4 is 28.4 Å². The number of nitrogens with zero attached hydrogens (tertiary/aromatic N) is 6. The molecule has 3 aromatic heterocycles. The molecule has 0 radical (unpaired) electrons. The molecule has 5 rings (SSSR count). The van der Waals surface area contributed by atoms with Gasteiger partial charge in [0.05, 0.1) is 0 Å². The van der Waals surface area contributed by atoms with Crippen molar-refractivity contribution in [3.05, 3.63) is 53.4 Å². The molecule has 0 bridgehead atoms. The van der Waals surface area contributed by atoms with Gasteiger partial charge < -0.3 is 11.1 Å². The van der Waals surface area contributed by atoms with Gasteiger partial charge in [-0.1, -0.05) is 37.3 Å². The van der Waals surface area contributed by atoms with Crippen LogP contribution in [0.5, 0.6) is 0 Å². The summed E-state index contributed by atoms with van der Waals surface area (Å²) in [6.07, 6.45) is 4.75. The summed E-state index contributed by atoms with van der Waals surface area (Å²) >= 11 is 1.64. The summed E-state index contributed by atoms with van der Waals surface area (Å²) in [4.78, 5) is 7.03. The molecule has 8 nitrogen and oxygen atoms in total. The number of hydrogen-bond acceptors (Lipinski definition) is 8. The summed E-state index contributed by atoms with van der Waals surface area (Å²) in [7, 11) is 0. The Hall–Kier alpha value is -2.88. The second-order valence-electron chi connectivity index (χ2n) is 8.67. The number of aromatic nitrogens is 5. The third-order valence-corrected chi connectivity index (χ3v) is 7.21. The van der Waals surface area contributed by atoms with Crippen LogP contribution >= 0.6 is 11.3 Å². The van der Waals surface area contributed by atoms with Crippen molar-refractivity contribution in [1.82, 2.24) is 29.7 Å². The van der Waals surface area contributed by atoms with Crippen molar-refractivity contribution in [2.24, 2.45) is 11.7 Å². The van der Waals surface area contributed by atoms with Crippen LogP contribution in [0.15, 0.2) is 42.9 Å². The number of fused-ring (bicyclic) bond motifs is 1. The highest BCUT2D eigenvalue weighted by Crippen LogP contribution is 2.31. The fourth-order valence-electron chi connectivity index (χ4n) is 4.18. The largest absolute Gasteiger partial charge is 0.338 e. The summed E-state index contributed by atoms with van der Waals surface area (Å²) < 4.78 is 1.89. The van der Waals surface area contributed by atoms with Crippen LogP contribution in [0.4, 0.5) is 11.5 Å². The average Bonchev–Trinajstić information content (AvgIpc) is 3.55. The van der Waals surface area contributed by atoms with E-state index in [1.165, 1.54) is 12.0 Å². The normalized spacial score (nSPS) is 16.9. The molecule has 0 saturated carbocycles. The van der Waals surface area contributed by atoms with Gasteiger partial charge in [0.15, 0.2) is 5.82 Å². The van der Waals surface area contributed by atoms with E-state index in [2.05, 4.69) is 62.5 Å². The molecule has 0 amide bonds. The Kier molecular flexibility index (Phi) is 5.86. The third kappa shape index (κ3) is 4.23. The van der Waals surface area contributed by atoms with Crippen molar-refractivity contribution in [1.29, 1.82) is 0 Å². The molecular formula is C23H28N8S. The van der Waals surface area contributed by atoms with Gasteiger partial charge in [-0.15, -0.1) is 10.2 Å². The fourth-order valence-corrected chi connectivity index (χ4v) is 5.02. The van der Waals surface area contributed by atoms with Gasteiger partial charge in [0, 0.05) is 36.5 Å². The predicted octanol–water partition coefficient (Wildman–Crippen LogP) is 3.90. The topological polar surface area (TPSA) is 97.3 Å². The highest BCUT2D eigenvalue weighted by atomic mass is 32.1. The first-order chi connectivity index (χ1) is 15.6. The van der Waals surface area contributed by atoms with Crippen LogP contribution in [0.2, 0.25) is 0 Å². The zero-order valence-electron chi connectivity index (χ0n) is 18.4. The van der Waals surface area contributed by atoms with Crippen molar-refractivity contribution in [3.8, 4) is 10.6 Å². The Morgan fingerprint density at radius 3 is 2.94 bits per heavy atom. The Labute approximate surface area is 191 Å². The Bertz CT molecular complexity index is 1210. The standard InChI is InChI=1S/C23H28N8S/c1-15(2)22-28-29-23(32-22)17-4-3-5-19(10-17)27-21-20-18(7-9-31(20)26-14-25-21)13-30-8-6-16(11-24)12-30/h3-5,7,9-10,14-16H,6,8,11-13,24H2,1-2H3,(H,25,26,27). The van der Waals surface area contributed by atoms with E-state index in [1.54, 1.807) is 17.7 Å². The Morgan fingerprint density at radius 2 is 2.16 bits per heavy atom. The molecule has 1 aliphatic heterocycles. The van der Waals surface area contributed by atoms with Gasteiger partial charge in [-0.05, 0) is 49.2 Å². The Morgan fingerprint density at radius 1 is 1.25 bits per heavy atom. The number of anilines is 2. The third-order valence-electron chi connectivity index (χ3n) is 5.94. The van der Waals surface area contributed by atoms with E-state index in [0.29, 0.717) is 11.8 Å². The molecule has 1 atom stereocenters. The number of likely N-dealkylation sites (tertiary alicyclic amines) is 1. The zero-order valence-corrected chi connectivity index (χ0v) is 19.2. The number of rotatable bonds is 7. The maximum atomic E-state index is 5.87. The second kappa shape index (κ2) is 8.93. The van der Waals surface area contributed by atoms with Crippen molar-refractivity contribution in [2.45, 2.75) is 32.7 Å². The van der Waals surface area contributed by atoms with Gasteiger partial charge in [0.25, 0.3) is 0 Å². The van der Waals surface area contributed by atoms with Crippen LogP contribution in [0, 0.1) is 5.92 Å². The van der Waals surface area contributed by atoms with E-state index in [0.717, 1.165) is 58.8 Å². The van der Waals surface area contributed by atoms with Crippen molar-refractivity contribution < 1.29 is 0 Å². The maximum absolute atomic E-state index is 5.87. The first-order valence-electron chi connectivity index (χ1n) is 11.0. The average molecular weight is 449 g/mol. The van der Waals surface area contributed by atoms with Crippen molar-refractivity contribution in [3.63, 3.8) is 0 Å². The summed E-state index contributed by atoms with van der Waals surface area (Å²) in [6.45, 7) is 8.03. The summed E-state index contributed by atoms with van der Waals surface area (Å²) in [5.74, 6) is 1.77. The van der Waals surface area contributed by atoms with E-state index in [-0.39, 0.29) is 0 Å². The van der Waals surface area contributed by atoms with E-state index in [9.17, 15) is 0 Å². The van der Waals surface area contributed by atoms with Gasteiger partial charge >= 0.3 is 0 Å². The molecule has 32 heavy (non-hydrogen) atoms. The number of nitrogens with one attached hydrogen (secondary N) is 1. The molecule has 9 heteroatoms. The van der Waals surface area contributed by atoms with Crippen LogP contribution in [0.1, 0.15) is 36.8 Å². The fraction of sp³-hybridized carbons (Fsp3) is 0.391. The first-order valence-corrected chi connectivity index (χ1v) is 11.9. The number of hydrogen-bond donors (Lipinski definition) is 2. The molecule has 0 spiro atoms. The molecule has 1 aliphatic rings. The smallest absolute Gasteiger partial charge is 0.158 e. The molecule has 3 N–H and O–H groups in total.